The SMILES string of the molecule is Cc1cccc2c1Cc1c-2ccc2ccccc12. The van der Waals surface area contributed by atoms with Gasteiger partial charge in [-0.25, -0.2) is 0 Å². The number of rotatable bonds is 0. The van der Waals surface area contributed by atoms with E-state index >= 15 is 0 Å². The molecule has 18 heavy (non-hydrogen) atoms. The standard InChI is InChI=1S/C18H14/c1-12-5-4-8-15-16-10-9-13-6-2-3-7-14(13)18(16)11-17(12)15/h2-10H,11H2,1H3. The fraction of sp³-hybridized carbons (Fsp3) is 0.111. The maximum atomic E-state index is 2.28. The molecule has 0 heteroatoms. The molecule has 0 fully saturated rings. The maximum Gasteiger partial charge on any atom is -0.000466 e. The van der Waals surface area contributed by atoms with Crippen LogP contribution in [0.1, 0.15) is 16.7 Å². The zero-order chi connectivity index (χ0) is 12.1. The minimum atomic E-state index is 1.08. The lowest BCUT2D eigenvalue weighted by Crippen LogP contribution is -1.85. The summed E-state index contributed by atoms with van der Waals surface area (Å²) in [5, 5.41) is 2.76. The van der Waals surface area contributed by atoms with Gasteiger partial charge in [0.15, 0.2) is 0 Å². The Morgan fingerprint density at radius 3 is 2.50 bits per heavy atom. The van der Waals surface area contributed by atoms with Gasteiger partial charge >= 0.3 is 0 Å². The molecule has 4 rings (SSSR count). The van der Waals surface area contributed by atoms with Gasteiger partial charge in [0, 0.05) is 0 Å². The minimum Gasteiger partial charge on any atom is -0.0616 e. The van der Waals surface area contributed by atoms with Gasteiger partial charge in [-0.1, -0.05) is 54.6 Å². The molecule has 3 aromatic carbocycles. The summed E-state index contributed by atoms with van der Waals surface area (Å²) in [6.07, 6.45) is 1.08. The average molecular weight is 230 g/mol. The fourth-order valence-electron chi connectivity index (χ4n) is 3.14. The van der Waals surface area contributed by atoms with Gasteiger partial charge in [0.05, 0.1) is 0 Å². The lowest BCUT2D eigenvalue weighted by atomic mass is 9.99. The third kappa shape index (κ3) is 1.20. The van der Waals surface area contributed by atoms with E-state index in [1.807, 2.05) is 0 Å². The van der Waals surface area contributed by atoms with Crippen molar-refractivity contribution in [2.24, 2.45) is 0 Å². The van der Waals surface area contributed by atoms with Crippen LogP contribution in [0.2, 0.25) is 0 Å². The van der Waals surface area contributed by atoms with Crippen LogP contribution in [0.15, 0.2) is 54.6 Å². The third-order valence-electron chi connectivity index (χ3n) is 4.09. The highest BCUT2D eigenvalue weighted by atomic mass is 14.2. The Labute approximate surface area is 107 Å². The number of hydrogen-bond acceptors (Lipinski definition) is 0. The van der Waals surface area contributed by atoms with Crippen molar-refractivity contribution in [3.63, 3.8) is 0 Å². The second-order valence-corrected chi connectivity index (χ2v) is 5.09. The second-order valence-electron chi connectivity index (χ2n) is 5.09. The van der Waals surface area contributed by atoms with E-state index in [-0.39, 0.29) is 0 Å². The molecule has 0 atom stereocenters. The van der Waals surface area contributed by atoms with Gasteiger partial charge in [0.1, 0.15) is 0 Å². The van der Waals surface area contributed by atoms with E-state index in [1.54, 1.807) is 0 Å². The van der Waals surface area contributed by atoms with Gasteiger partial charge in [-0.3, -0.25) is 0 Å². The molecule has 1 aliphatic carbocycles. The molecular weight excluding hydrogens is 216 g/mol. The summed E-state index contributed by atoms with van der Waals surface area (Å²) in [5.74, 6) is 0. The zero-order valence-electron chi connectivity index (χ0n) is 10.4. The van der Waals surface area contributed by atoms with Crippen molar-refractivity contribution in [3.8, 4) is 11.1 Å². The average Bonchev–Trinajstić information content (AvgIpc) is 2.79. The smallest absolute Gasteiger partial charge is 0.000466 e. The highest BCUT2D eigenvalue weighted by Crippen LogP contribution is 2.41. The molecule has 3 aromatic rings. The Morgan fingerprint density at radius 1 is 0.722 bits per heavy atom. The molecule has 0 aliphatic heterocycles. The summed E-state index contributed by atoms with van der Waals surface area (Å²) < 4.78 is 0. The molecule has 0 aromatic heterocycles. The molecule has 0 spiro atoms. The van der Waals surface area contributed by atoms with Gasteiger partial charge in [0.2, 0.25) is 0 Å². The van der Waals surface area contributed by atoms with E-state index in [2.05, 4.69) is 61.5 Å². The fourth-order valence-corrected chi connectivity index (χ4v) is 3.14. The molecule has 0 amide bonds. The highest BCUT2D eigenvalue weighted by Gasteiger charge is 2.21. The lowest BCUT2D eigenvalue weighted by Gasteiger charge is -2.05. The first-order valence-electron chi connectivity index (χ1n) is 6.44. The van der Waals surface area contributed by atoms with Crippen LogP contribution >= 0.6 is 0 Å². The summed E-state index contributed by atoms with van der Waals surface area (Å²) in [6, 6.07) is 19.9. The van der Waals surface area contributed by atoms with Crippen LogP contribution in [-0.2, 0) is 6.42 Å². The first kappa shape index (κ1) is 9.90. The maximum absolute atomic E-state index is 2.28. The van der Waals surface area contributed by atoms with Crippen molar-refractivity contribution < 1.29 is 0 Å². The molecule has 0 bridgehead atoms. The predicted molar refractivity (Wildman–Crippen MR) is 76.9 cm³/mol. The van der Waals surface area contributed by atoms with Crippen LogP contribution in [0, 0.1) is 6.92 Å². The molecule has 0 saturated heterocycles. The highest BCUT2D eigenvalue weighted by molar-refractivity contribution is 5.95. The number of benzene rings is 3. The Bertz CT molecular complexity index is 766. The van der Waals surface area contributed by atoms with Crippen molar-refractivity contribution in [1.82, 2.24) is 0 Å². The molecule has 0 nitrogen and oxygen atoms in total. The van der Waals surface area contributed by atoms with E-state index < -0.39 is 0 Å². The normalized spacial score (nSPS) is 12.5. The van der Waals surface area contributed by atoms with Gasteiger partial charge in [-0.05, 0) is 51.9 Å². The van der Waals surface area contributed by atoms with Crippen molar-refractivity contribution >= 4 is 10.8 Å². The molecular formula is C18H14. The van der Waals surface area contributed by atoms with Crippen LogP contribution in [0.5, 0.6) is 0 Å². The Morgan fingerprint density at radius 2 is 1.56 bits per heavy atom. The van der Waals surface area contributed by atoms with E-state index in [0.717, 1.165) is 6.42 Å². The summed E-state index contributed by atoms with van der Waals surface area (Å²) in [5.41, 5.74) is 7.26. The van der Waals surface area contributed by atoms with Crippen molar-refractivity contribution in [1.29, 1.82) is 0 Å². The number of hydrogen-bond donors (Lipinski definition) is 0. The van der Waals surface area contributed by atoms with Gasteiger partial charge in [0.25, 0.3) is 0 Å². The first-order valence-corrected chi connectivity index (χ1v) is 6.44. The Hall–Kier alpha value is -2.08. The van der Waals surface area contributed by atoms with Crippen LogP contribution in [-0.4, -0.2) is 0 Å². The molecule has 0 unspecified atom stereocenters. The Kier molecular flexibility index (Phi) is 1.90. The third-order valence-corrected chi connectivity index (χ3v) is 4.09. The molecule has 0 N–H and O–H groups in total. The van der Waals surface area contributed by atoms with Crippen LogP contribution in [0.25, 0.3) is 21.9 Å². The Balaban J connectivity index is 2.10. The largest absolute Gasteiger partial charge is 0.0616 e. The quantitative estimate of drug-likeness (QED) is 0.410. The van der Waals surface area contributed by atoms with Crippen molar-refractivity contribution in [2.75, 3.05) is 0 Å². The number of fused-ring (bicyclic) bond motifs is 5. The summed E-state index contributed by atoms with van der Waals surface area (Å²) in [4.78, 5) is 0. The summed E-state index contributed by atoms with van der Waals surface area (Å²) >= 11 is 0. The predicted octanol–water partition coefficient (Wildman–Crippen LogP) is 4.72. The molecule has 0 heterocycles. The summed E-state index contributed by atoms with van der Waals surface area (Å²) in [6.45, 7) is 2.22. The lowest BCUT2D eigenvalue weighted by molar-refractivity contribution is 1.23. The topological polar surface area (TPSA) is 0 Å². The van der Waals surface area contributed by atoms with E-state index in [1.165, 1.54) is 38.6 Å². The van der Waals surface area contributed by atoms with Gasteiger partial charge in [-0.2, -0.15) is 0 Å². The molecule has 86 valence electrons. The van der Waals surface area contributed by atoms with Gasteiger partial charge in [-0.15, -0.1) is 0 Å². The van der Waals surface area contributed by atoms with E-state index in [4.69, 9.17) is 0 Å². The zero-order valence-corrected chi connectivity index (χ0v) is 10.4. The second kappa shape index (κ2) is 3.46. The van der Waals surface area contributed by atoms with Crippen molar-refractivity contribution in [3.05, 3.63) is 71.3 Å². The van der Waals surface area contributed by atoms with Crippen LogP contribution in [0.3, 0.4) is 0 Å². The summed E-state index contributed by atoms with van der Waals surface area (Å²) in [7, 11) is 0. The minimum absolute atomic E-state index is 1.08. The molecule has 1 aliphatic rings. The van der Waals surface area contributed by atoms with E-state index in [0.29, 0.717) is 0 Å². The van der Waals surface area contributed by atoms with Crippen LogP contribution in [0.4, 0.5) is 0 Å². The van der Waals surface area contributed by atoms with Crippen LogP contribution < -0.4 is 0 Å². The molecule has 0 radical (unpaired) electrons. The first-order chi connectivity index (χ1) is 8.84. The van der Waals surface area contributed by atoms with Crippen molar-refractivity contribution in [2.45, 2.75) is 13.3 Å². The number of aryl methyl sites for hydroxylation is 1. The molecule has 0 saturated carbocycles. The monoisotopic (exact) mass is 230 g/mol. The van der Waals surface area contributed by atoms with Gasteiger partial charge < -0.3 is 0 Å². The van der Waals surface area contributed by atoms with E-state index in [9.17, 15) is 0 Å².